The van der Waals surface area contributed by atoms with E-state index in [9.17, 15) is 19.2 Å². The second kappa shape index (κ2) is 20.1. The number of likely N-dealkylation sites (tertiary alicyclic amines) is 1. The lowest BCUT2D eigenvalue weighted by Gasteiger charge is -2.37. The van der Waals surface area contributed by atoms with E-state index in [1.807, 2.05) is 49.0 Å². The zero-order valence-corrected chi connectivity index (χ0v) is 41.7. The van der Waals surface area contributed by atoms with E-state index >= 15 is 0 Å². The van der Waals surface area contributed by atoms with E-state index in [-0.39, 0.29) is 79.9 Å². The number of carbonyl (C=O) groups excluding carboxylic acids is 4. The normalized spacial score (nSPS) is 21.6. The molecule has 0 radical (unpaired) electrons. The summed E-state index contributed by atoms with van der Waals surface area (Å²) in [5, 5.41) is 32.8. The van der Waals surface area contributed by atoms with Crippen molar-refractivity contribution in [1.82, 2.24) is 69.5 Å². The van der Waals surface area contributed by atoms with Gasteiger partial charge in [-0.1, -0.05) is 12.2 Å². The summed E-state index contributed by atoms with van der Waals surface area (Å²) in [5.41, 5.74) is 10.4. The third-order valence-corrected chi connectivity index (χ3v) is 14.5. The van der Waals surface area contributed by atoms with Crippen LogP contribution in [0.15, 0.2) is 48.6 Å². The first-order chi connectivity index (χ1) is 35.9. The first-order valence-corrected chi connectivity index (χ1v) is 25.3. The van der Waals surface area contributed by atoms with Gasteiger partial charge in [0.25, 0.3) is 17.7 Å². The smallest absolute Gasteiger partial charge is 0.276 e. The fourth-order valence-corrected chi connectivity index (χ4v) is 10.8. The van der Waals surface area contributed by atoms with Gasteiger partial charge in [-0.05, 0) is 113 Å². The number of aromatic nitrogens is 12. The first kappa shape index (κ1) is 48.3. The third-order valence-electron chi connectivity index (χ3n) is 14.5. The number of H-pyrrole nitrogens is 1. The number of aryl methyl sites for hydroxylation is 4. The summed E-state index contributed by atoms with van der Waals surface area (Å²) in [6.07, 6.45) is 8.82. The van der Waals surface area contributed by atoms with Crippen LogP contribution in [0.3, 0.4) is 0 Å². The monoisotopic (exact) mass is 1010 g/mol. The molecule has 8 heterocycles. The number of imidazole rings is 2. The number of ether oxygens (including phenoxy) is 3. The van der Waals surface area contributed by atoms with Crippen LogP contribution >= 0.6 is 0 Å². The highest BCUT2D eigenvalue weighted by molar-refractivity contribution is 6.05. The number of tetrazole rings is 1. The molecule has 74 heavy (non-hydrogen) atoms. The minimum Gasteiger partial charge on any atom is -0.490 e. The van der Waals surface area contributed by atoms with Crippen LogP contribution in [-0.4, -0.2) is 138 Å². The Labute approximate surface area is 424 Å². The Kier molecular flexibility index (Phi) is 13.1. The molecule has 2 saturated heterocycles. The Morgan fingerprint density at radius 2 is 1.24 bits per heavy atom. The lowest BCUT2D eigenvalue weighted by molar-refractivity contribution is -0.0639. The molecule has 2 bridgehead atoms. The van der Waals surface area contributed by atoms with Crippen LogP contribution in [0.5, 0.6) is 11.5 Å². The number of anilines is 2. The third kappa shape index (κ3) is 9.56. The molecule has 7 aromatic rings. The van der Waals surface area contributed by atoms with Crippen LogP contribution in [0.4, 0.5) is 11.9 Å². The summed E-state index contributed by atoms with van der Waals surface area (Å²) >= 11 is 0. The zero-order chi connectivity index (χ0) is 51.2. The van der Waals surface area contributed by atoms with E-state index in [0.717, 1.165) is 44.3 Å². The van der Waals surface area contributed by atoms with Gasteiger partial charge in [-0.3, -0.25) is 44.1 Å². The molecule has 1 saturated carbocycles. The molecule has 4 amide bonds. The second-order valence-electron chi connectivity index (χ2n) is 19.5. The van der Waals surface area contributed by atoms with Crippen LogP contribution in [0, 0.1) is 13.8 Å². The van der Waals surface area contributed by atoms with Crippen molar-refractivity contribution in [2.24, 2.45) is 5.73 Å². The Bertz CT molecular complexity index is 3290. The lowest BCUT2D eigenvalue weighted by atomic mass is 9.85. The highest BCUT2D eigenvalue weighted by Crippen LogP contribution is 2.36. The Morgan fingerprint density at radius 1 is 0.703 bits per heavy atom. The minimum atomic E-state index is -0.674. The molecule has 3 fully saturated rings. The molecule has 4 aliphatic rings. The molecular weight excluding hydrogens is 951 g/mol. The quantitative estimate of drug-likeness (QED) is 0.113. The van der Waals surface area contributed by atoms with Crippen molar-refractivity contribution in [2.45, 2.75) is 123 Å². The van der Waals surface area contributed by atoms with Gasteiger partial charge in [-0.25, -0.2) is 15.1 Å². The molecule has 3 atom stereocenters. The number of fused-ring (bicyclic) bond motifs is 2. The van der Waals surface area contributed by atoms with Crippen molar-refractivity contribution in [3.63, 3.8) is 0 Å². The van der Waals surface area contributed by atoms with Crippen LogP contribution < -0.4 is 31.2 Å². The van der Waals surface area contributed by atoms with E-state index in [1.165, 1.54) is 0 Å². The van der Waals surface area contributed by atoms with Gasteiger partial charge in [0, 0.05) is 62.4 Å². The number of amides is 4. The summed E-state index contributed by atoms with van der Waals surface area (Å²) in [6.45, 7) is 10.2. The fraction of sp³-hybridized carbons (Fsp3) is 0.460. The average molecular weight is 1010 g/mol. The van der Waals surface area contributed by atoms with E-state index in [1.54, 1.807) is 45.8 Å². The van der Waals surface area contributed by atoms with Crippen molar-refractivity contribution >= 4 is 57.6 Å². The Hall–Kier alpha value is -7.99. The largest absolute Gasteiger partial charge is 0.490 e. The number of rotatable bonds is 11. The second-order valence-corrected chi connectivity index (χ2v) is 19.5. The van der Waals surface area contributed by atoms with Gasteiger partial charge in [-0.2, -0.15) is 10.2 Å². The van der Waals surface area contributed by atoms with Gasteiger partial charge in [0.05, 0.1) is 40.7 Å². The first-order valence-electron chi connectivity index (χ1n) is 25.3. The summed E-state index contributed by atoms with van der Waals surface area (Å²) in [7, 11) is 0. The van der Waals surface area contributed by atoms with Crippen molar-refractivity contribution in [1.29, 1.82) is 0 Å². The highest BCUT2D eigenvalue weighted by Gasteiger charge is 2.38. The molecule has 5 aromatic heterocycles. The maximum absolute atomic E-state index is 14.4. The van der Waals surface area contributed by atoms with E-state index < -0.39 is 17.7 Å². The molecule has 1 aliphatic carbocycles. The number of aromatic amines is 1. The molecule has 24 heteroatoms. The number of carbonyl (C=O) groups is 4. The number of allylic oxidation sites excluding steroid dienone is 2. The van der Waals surface area contributed by atoms with Crippen molar-refractivity contribution in [3.05, 3.63) is 88.3 Å². The molecule has 11 rings (SSSR count). The van der Waals surface area contributed by atoms with E-state index in [4.69, 9.17) is 29.9 Å². The molecule has 2 aromatic carbocycles. The van der Waals surface area contributed by atoms with Gasteiger partial charge < -0.3 is 34.4 Å². The van der Waals surface area contributed by atoms with Crippen LogP contribution in [0.1, 0.15) is 117 Å². The zero-order valence-electron chi connectivity index (χ0n) is 41.7. The SMILES string of the molecule is CCn1nc(C)cc1C(=O)Nc1nc2cc(C(N)=O)cc3c2n1C/C=C/Cn1c(NC(=O)c2cc(C)nn2CC)nc2cc(C(=O)N[C@H]4CC[C@H](c5nnn[nH]5)CC4)cc(c21)OCC(N1CC2CCC(C1)O2)CO3. The van der Waals surface area contributed by atoms with Crippen LogP contribution in [0.25, 0.3) is 22.1 Å². The number of nitrogens with zero attached hydrogens (tertiary/aromatic N) is 12. The molecular formula is C50H59N17O7. The highest BCUT2D eigenvalue weighted by atomic mass is 16.5. The predicted octanol–water partition coefficient (Wildman–Crippen LogP) is 4.27. The number of morpholine rings is 1. The number of hydrogen-bond acceptors (Lipinski definition) is 15. The minimum absolute atomic E-state index is 0.0309. The number of benzene rings is 2. The van der Waals surface area contributed by atoms with Crippen molar-refractivity contribution in [3.8, 4) is 11.5 Å². The number of primary amides is 1. The van der Waals surface area contributed by atoms with E-state index in [2.05, 4.69) is 51.7 Å². The van der Waals surface area contributed by atoms with Crippen LogP contribution in [0.2, 0.25) is 0 Å². The number of hydrogen-bond donors (Lipinski definition) is 5. The number of nitrogens with two attached hydrogens (primary N) is 1. The van der Waals surface area contributed by atoms with Gasteiger partial charge in [-0.15, -0.1) is 5.10 Å². The average Bonchev–Trinajstić information content (AvgIpc) is 4.27. The molecule has 3 aliphatic heterocycles. The topological polar surface area (TPSA) is 287 Å². The summed E-state index contributed by atoms with van der Waals surface area (Å²) in [5.74, 6) is 0.261. The van der Waals surface area contributed by atoms with Crippen molar-refractivity contribution in [2.75, 3.05) is 36.9 Å². The van der Waals surface area contributed by atoms with Crippen LogP contribution in [-0.2, 0) is 30.9 Å². The lowest BCUT2D eigenvalue weighted by Crippen LogP contribution is -2.52. The molecule has 6 N–H and O–H groups in total. The van der Waals surface area contributed by atoms with Gasteiger partial charge in [0.15, 0.2) is 5.82 Å². The maximum atomic E-state index is 14.4. The summed E-state index contributed by atoms with van der Waals surface area (Å²) in [6, 6.07) is 9.63. The summed E-state index contributed by atoms with van der Waals surface area (Å²) < 4.78 is 27.0. The molecule has 24 nitrogen and oxygen atoms in total. The predicted molar refractivity (Wildman–Crippen MR) is 269 cm³/mol. The summed E-state index contributed by atoms with van der Waals surface area (Å²) in [4.78, 5) is 67.7. The molecule has 0 spiro atoms. The van der Waals surface area contributed by atoms with Crippen molar-refractivity contribution < 1.29 is 33.4 Å². The van der Waals surface area contributed by atoms with Gasteiger partial charge in [0.1, 0.15) is 47.1 Å². The molecule has 386 valence electrons. The standard InChI is InChI=1S/C50H59N17O7/c1-5-66-38(17-27(3)59-66)47(70)55-49-53-36-19-30(44(51)68)21-40-42(36)64(49)15-7-8-16-65-43-37(54-50(65)56-48(71)39-18-28(4)60-67(39)6-2)20-31(46(69)52-32-11-9-29(10-12-32)45-57-61-62-58-45)22-41(43)73-26-33(25-72-40)63-23-34-13-14-35(24-63)74-34/h7-8,17-22,29,32-35H,5-6,9-16,23-26H2,1-4H3,(H2,51,68)(H,52,69)(H,53,55,70)(H,54,56,71)(H,57,58,61,62)/b8-7+/t29-,32-,33?,34?,35?. The molecule has 3 unspecified atom stereocenters. The number of nitrogens with one attached hydrogen (secondary N) is 4. The van der Waals surface area contributed by atoms with Gasteiger partial charge >= 0.3 is 0 Å². The fourth-order valence-electron chi connectivity index (χ4n) is 10.8. The van der Waals surface area contributed by atoms with Gasteiger partial charge in [0.2, 0.25) is 17.8 Å². The van der Waals surface area contributed by atoms with E-state index in [0.29, 0.717) is 88.1 Å². The maximum Gasteiger partial charge on any atom is 0.276 e. The Balaban J connectivity index is 1.01. The Morgan fingerprint density at radius 3 is 1.76 bits per heavy atom.